The summed E-state index contributed by atoms with van der Waals surface area (Å²) >= 11 is 0. The Bertz CT molecular complexity index is 1090. The third-order valence-electron chi connectivity index (χ3n) is 7.63. The standard InChI is InChI=1S/C29H35NO7/c1-34-25-12-11-20-18-30(24(29(32)33)17-23(20)27(25)37-22-13-15-35-16-14-22)28(31)26(19-7-3-2-4-8-19)36-21-9-5-6-10-21/h2-4,7-8,11-12,21-22,24,26H,5-6,9-10,13-18H2,1H3,(H,32,33). The zero-order valence-corrected chi connectivity index (χ0v) is 21.3. The molecular formula is C29H35NO7. The first-order chi connectivity index (χ1) is 18.0. The van der Waals surface area contributed by atoms with Crippen molar-refractivity contribution in [3.05, 3.63) is 59.2 Å². The first-order valence-corrected chi connectivity index (χ1v) is 13.2. The van der Waals surface area contributed by atoms with Gasteiger partial charge in [0.25, 0.3) is 5.91 Å². The molecule has 2 aliphatic heterocycles. The fourth-order valence-corrected chi connectivity index (χ4v) is 5.59. The van der Waals surface area contributed by atoms with E-state index in [-0.39, 0.29) is 31.1 Å². The van der Waals surface area contributed by atoms with Gasteiger partial charge in [0.1, 0.15) is 12.1 Å². The van der Waals surface area contributed by atoms with E-state index >= 15 is 0 Å². The summed E-state index contributed by atoms with van der Waals surface area (Å²) in [5.41, 5.74) is 2.39. The molecular weight excluding hydrogens is 474 g/mol. The lowest BCUT2D eigenvalue weighted by molar-refractivity contribution is -0.160. The van der Waals surface area contributed by atoms with Gasteiger partial charge in [-0.15, -0.1) is 0 Å². The van der Waals surface area contributed by atoms with Crippen molar-refractivity contribution >= 4 is 11.9 Å². The van der Waals surface area contributed by atoms with Gasteiger partial charge in [0.2, 0.25) is 0 Å². The van der Waals surface area contributed by atoms with Crippen LogP contribution in [0.3, 0.4) is 0 Å². The van der Waals surface area contributed by atoms with Gasteiger partial charge in [0.15, 0.2) is 17.6 Å². The summed E-state index contributed by atoms with van der Waals surface area (Å²) in [5, 5.41) is 10.2. The van der Waals surface area contributed by atoms with Crippen LogP contribution in [0.15, 0.2) is 42.5 Å². The van der Waals surface area contributed by atoms with Crippen molar-refractivity contribution in [2.45, 2.75) is 75.8 Å². The van der Waals surface area contributed by atoms with Gasteiger partial charge in [0, 0.05) is 31.4 Å². The van der Waals surface area contributed by atoms with E-state index in [2.05, 4.69) is 0 Å². The molecule has 37 heavy (non-hydrogen) atoms. The predicted octanol–water partition coefficient (Wildman–Crippen LogP) is 4.29. The van der Waals surface area contributed by atoms with Crippen LogP contribution in [0.5, 0.6) is 11.5 Å². The van der Waals surface area contributed by atoms with Gasteiger partial charge in [-0.3, -0.25) is 4.79 Å². The second-order valence-corrected chi connectivity index (χ2v) is 10.0. The topological polar surface area (TPSA) is 94.5 Å². The SMILES string of the molecule is COc1ccc2c(c1OC1CCOCC1)CC(C(=O)O)N(C(=O)C(OC1CCCC1)c1ccccc1)C2. The van der Waals surface area contributed by atoms with Crippen LogP contribution in [0.4, 0.5) is 0 Å². The van der Waals surface area contributed by atoms with E-state index < -0.39 is 18.1 Å². The van der Waals surface area contributed by atoms with E-state index in [9.17, 15) is 14.7 Å². The molecule has 198 valence electrons. The number of benzene rings is 2. The molecule has 2 aromatic carbocycles. The average molecular weight is 510 g/mol. The van der Waals surface area contributed by atoms with Crippen LogP contribution in [0.2, 0.25) is 0 Å². The molecule has 3 aliphatic rings. The number of carboxylic acid groups (broad SMARTS) is 1. The smallest absolute Gasteiger partial charge is 0.326 e. The minimum absolute atomic E-state index is 0.00162. The summed E-state index contributed by atoms with van der Waals surface area (Å²) in [6.45, 7) is 1.42. The zero-order chi connectivity index (χ0) is 25.8. The van der Waals surface area contributed by atoms with E-state index in [1.807, 2.05) is 42.5 Å². The zero-order valence-electron chi connectivity index (χ0n) is 21.3. The van der Waals surface area contributed by atoms with Crippen molar-refractivity contribution in [3.8, 4) is 11.5 Å². The van der Waals surface area contributed by atoms with Crippen LogP contribution >= 0.6 is 0 Å². The maximum Gasteiger partial charge on any atom is 0.326 e. The van der Waals surface area contributed by atoms with Crippen LogP contribution in [0.1, 0.15) is 61.3 Å². The monoisotopic (exact) mass is 509 g/mol. The first kappa shape index (κ1) is 25.5. The summed E-state index contributed by atoms with van der Waals surface area (Å²) in [6.07, 6.45) is 4.76. The van der Waals surface area contributed by atoms with Crippen molar-refractivity contribution in [2.24, 2.45) is 0 Å². The third-order valence-corrected chi connectivity index (χ3v) is 7.63. The summed E-state index contributed by atoms with van der Waals surface area (Å²) in [7, 11) is 1.58. The number of hydrogen-bond acceptors (Lipinski definition) is 6. The highest BCUT2D eigenvalue weighted by molar-refractivity contribution is 5.88. The Morgan fingerprint density at radius 1 is 1.00 bits per heavy atom. The number of fused-ring (bicyclic) bond motifs is 1. The average Bonchev–Trinajstić information content (AvgIpc) is 3.45. The number of rotatable bonds is 8. The molecule has 1 N–H and O–H groups in total. The predicted molar refractivity (Wildman–Crippen MR) is 136 cm³/mol. The number of carbonyl (C=O) groups excluding carboxylic acids is 1. The molecule has 8 heteroatoms. The minimum atomic E-state index is -1.05. The molecule has 8 nitrogen and oxygen atoms in total. The third kappa shape index (κ3) is 5.60. The molecule has 2 atom stereocenters. The fraction of sp³-hybridized carbons (Fsp3) is 0.517. The molecule has 1 saturated heterocycles. The highest BCUT2D eigenvalue weighted by atomic mass is 16.5. The number of aliphatic carboxylic acids is 1. The molecule has 2 aromatic rings. The number of amides is 1. The van der Waals surface area contributed by atoms with E-state index in [0.29, 0.717) is 24.7 Å². The van der Waals surface area contributed by atoms with Gasteiger partial charge in [-0.2, -0.15) is 0 Å². The van der Waals surface area contributed by atoms with E-state index in [1.54, 1.807) is 7.11 Å². The number of carboxylic acids is 1. The second kappa shape index (κ2) is 11.5. The highest BCUT2D eigenvalue weighted by Crippen LogP contribution is 2.41. The molecule has 5 rings (SSSR count). The van der Waals surface area contributed by atoms with Gasteiger partial charge >= 0.3 is 5.97 Å². The van der Waals surface area contributed by atoms with Crippen LogP contribution in [-0.2, 0) is 32.0 Å². The summed E-state index contributed by atoms with van der Waals surface area (Å²) < 4.78 is 23.8. The lowest BCUT2D eigenvalue weighted by Gasteiger charge is -2.38. The van der Waals surface area contributed by atoms with Crippen LogP contribution in [0, 0.1) is 0 Å². The minimum Gasteiger partial charge on any atom is -0.493 e. The van der Waals surface area contributed by atoms with Crippen molar-refractivity contribution < 1.29 is 33.6 Å². The van der Waals surface area contributed by atoms with Crippen molar-refractivity contribution in [3.63, 3.8) is 0 Å². The molecule has 2 unspecified atom stereocenters. The van der Waals surface area contributed by atoms with Crippen molar-refractivity contribution in [1.82, 2.24) is 4.90 Å². The number of nitrogens with zero attached hydrogens (tertiary/aromatic N) is 1. The number of ether oxygens (including phenoxy) is 4. The normalized spacial score (nSPS) is 21.3. The molecule has 2 fully saturated rings. The van der Waals surface area contributed by atoms with E-state index in [4.69, 9.17) is 18.9 Å². The molecule has 0 radical (unpaired) electrons. The number of hydrogen-bond donors (Lipinski definition) is 1. The van der Waals surface area contributed by atoms with Gasteiger partial charge in [-0.1, -0.05) is 49.2 Å². The van der Waals surface area contributed by atoms with Crippen LogP contribution in [0.25, 0.3) is 0 Å². The Morgan fingerprint density at radius 2 is 1.73 bits per heavy atom. The molecule has 2 heterocycles. The van der Waals surface area contributed by atoms with E-state index in [1.165, 1.54) is 4.90 Å². The molecule has 0 aromatic heterocycles. The largest absolute Gasteiger partial charge is 0.493 e. The van der Waals surface area contributed by atoms with Gasteiger partial charge in [-0.05, 0) is 30.0 Å². The Kier molecular flexibility index (Phi) is 7.96. The Morgan fingerprint density at radius 3 is 2.41 bits per heavy atom. The van der Waals surface area contributed by atoms with E-state index in [0.717, 1.165) is 55.2 Å². The molecule has 1 amide bonds. The maximum absolute atomic E-state index is 14.0. The lowest BCUT2D eigenvalue weighted by atomic mass is 9.91. The van der Waals surface area contributed by atoms with Crippen molar-refractivity contribution in [1.29, 1.82) is 0 Å². The Balaban J connectivity index is 1.46. The number of methoxy groups -OCH3 is 1. The van der Waals surface area contributed by atoms with Gasteiger partial charge in [-0.25, -0.2) is 4.79 Å². The lowest BCUT2D eigenvalue weighted by Crippen LogP contribution is -2.51. The maximum atomic E-state index is 14.0. The fourth-order valence-electron chi connectivity index (χ4n) is 5.59. The first-order valence-electron chi connectivity index (χ1n) is 13.2. The molecule has 0 bridgehead atoms. The summed E-state index contributed by atoms with van der Waals surface area (Å²) in [4.78, 5) is 28.0. The number of carbonyl (C=O) groups is 2. The van der Waals surface area contributed by atoms with Gasteiger partial charge in [0.05, 0.1) is 26.4 Å². The van der Waals surface area contributed by atoms with Crippen LogP contribution in [-0.4, -0.2) is 60.5 Å². The molecule has 0 spiro atoms. The van der Waals surface area contributed by atoms with Crippen LogP contribution < -0.4 is 9.47 Å². The molecule has 1 saturated carbocycles. The quantitative estimate of drug-likeness (QED) is 0.567. The van der Waals surface area contributed by atoms with Gasteiger partial charge < -0.3 is 29.0 Å². The van der Waals surface area contributed by atoms with Crippen molar-refractivity contribution in [2.75, 3.05) is 20.3 Å². The Labute approximate surface area is 217 Å². The Hall–Kier alpha value is -3.10. The summed E-state index contributed by atoms with van der Waals surface area (Å²) in [6, 6.07) is 12.1. The molecule has 1 aliphatic carbocycles. The highest BCUT2D eigenvalue weighted by Gasteiger charge is 2.41. The second-order valence-electron chi connectivity index (χ2n) is 10.0. The summed E-state index contributed by atoms with van der Waals surface area (Å²) in [5.74, 6) is -0.224.